The summed E-state index contributed by atoms with van der Waals surface area (Å²) >= 11 is 1.63. The van der Waals surface area contributed by atoms with Crippen molar-refractivity contribution in [1.82, 2.24) is 0 Å². The highest BCUT2D eigenvalue weighted by atomic mass is 32.2. The molecule has 1 N–H and O–H groups in total. The van der Waals surface area contributed by atoms with Crippen molar-refractivity contribution in [3.8, 4) is 0 Å². The Labute approximate surface area is 104 Å². The number of thioether (sulfide) groups is 1. The zero-order valence-corrected chi connectivity index (χ0v) is 10.6. The molecule has 3 nitrogen and oxygen atoms in total. The molecule has 0 aliphatic carbocycles. The Morgan fingerprint density at radius 3 is 2.94 bits per heavy atom. The number of carbonyl (C=O) groups is 1. The second-order valence-corrected chi connectivity index (χ2v) is 5.71. The molecule has 1 aromatic rings. The Bertz CT molecular complexity index is 534. The van der Waals surface area contributed by atoms with Gasteiger partial charge in [0.25, 0.3) is 0 Å². The van der Waals surface area contributed by atoms with Crippen LogP contribution in [0, 0.1) is 0 Å². The van der Waals surface area contributed by atoms with Gasteiger partial charge >= 0.3 is 5.97 Å². The summed E-state index contributed by atoms with van der Waals surface area (Å²) in [6, 6.07) is 8.08. The van der Waals surface area contributed by atoms with Crippen molar-refractivity contribution in [1.29, 1.82) is 0 Å². The molecule has 0 unspecified atom stereocenters. The summed E-state index contributed by atoms with van der Waals surface area (Å²) in [4.78, 5) is 14.0. The fourth-order valence-electron chi connectivity index (χ4n) is 2.13. The van der Waals surface area contributed by atoms with E-state index in [1.54, 1.807) is 11.8 Å². The maximum Gasteiger partial charge on any atom is 0.337 e. The van der Waals surface area contributed by atoms with Crippen LogP contribution in [-0.4, -0.2) is 18.1 Å². The van der Waals surface area contributed by atoms with Gasteiger partial charge in [-0.25, -0.2) is 4.79 Å². The first-order chi connectivity index (χ1) is 8.08. The molecule has 0 atom stereocenters. The van der Waals surface area contributed by atoms with Crippen LogP contribution in [0.2, 0.25) is 0 Å². The molecule has 1 aromatic carbocycles. The number of cyclic esters (lactones) is 1. The van der Waals surface area contributed by atoms with E-state index in [0.717, 1.165) is 21.1 Å². The third kappa shape index (κ3) is 1.63. The predicted octanol–water partition coefficient (Wildman–Crippen LogP) is 2.79. The van der Waals surface area contributed by atoms with E-state index in [1.807, 2.05) is 32.0 Å². The van der Waals surface area contributed by atoms with Crippen LogP contribution in [0.5, 0.6) is 0 Å². The van der Waals surface area contributed by atoms with Crippen LogP contribution in [0.25, 0.3) is 0 Å². The molecule has 0 bridgehead atoms. The predicted molar refractivity (Wildman–Crippen MR) is 68.0 cm³/mol. The van der Waals surface area contributed by atoms with Gasteiger partial charge < -0.3 is 10.1 Å². The Morgan fingerprint density at radius 1 is 1.35 bits per heavy atom. The van der Waals surface area contributed by atoms with Gasteiger partial charge in [-0.15, -0.1) is 0 Å². The summed E-state index contributed by atoms with van der Waals surface area (Å²) in [7, 11) is 0. The van der Waals surface area contributed by atoms with E-state index in [9.17, 15) is 4.79 Å². The van der Waals surface area contributed by atoms with E-state index in [-0.39, 0.29) is 5.97 Å². The van der Waals surface area contributed by atoms with Crippen LogP contribution < -0.4 is 5.32 Å². The molecule has 0 saturated heterocycles. The van der Waals surface area contributed by atoms with Crippen LogP contribution in [-0.2, 0) is 9.53 Å². The summed E-state index contributed by atoms with van der Waals surface area (Å²) in [6.45, 7) is 4.42. The molecule has 2 heterocycles. The standard InChI is InChI=1S/C13H13NO2S/c1-13(2)11-8(12(15)16-13)7-14-9-5-3-4-6-10(9)17-11/h3-6,14H,7H2,1-2H3. The Balaban J connectivity index is 2.08. The van der Waals surface area contributed by atoms with E-state index in [4.69, 9.17) is 4.74 Å². The lowest BCUT2D eigenvalue weighted by molar-refractivity contribution is -0.144. The number of hydrogen-bond acceptors (Lipinski definition) is 4. The van der Waals surface area contributed by atoms with Gasteiger partial charge in [-0.3, -0.25) is 0 Å². The number of esters is 1. The Hall–Kier alpha value is -1.42. The molecule has 0 amide bonds. The highest BCUT2D eigenvalue weighted by Gasteiger charge is 2.41. The summed E-state index contributed by atoms with van der Waals surface area (Å²) in [6.07, 6.45) is 0. The van der Waals surface area contributed by atoms with Crippen LogP contribution in [0.3, 0.4) is 0 Å². The normalized spacial score (nSPS) is 21.2. The Kier molecular flexibility index (Phi) is 2.23. The van der Waals surface area contributed by atoms with Crippen molar-refractivity contribution in [2.45, 2.75) is 24.3 Å². The van der Waals surface area contributed by atoms with Crippen molar-refractivity contribution in [2.24, 2.45) is 0 Å². The first-order valence-corrected chi connectivity index (χ1v) is 6.37. The van der Waals surface area contributed by atoms with Crippen LogP contribution in [0.4, 0.5) is 5.69 Å². The number of nitrogens with one attached hydrogen (secondary N) is 1. The van der Waals surface area contributed by atoms with Gasteiger partial charge in [-0.05, 0) is 26.0 Å². The minimum Gasteiger partial charge on any atom is -0.451 e. The third-order valence-electron chi connectivity index (χ3n) is 2.97. The number of para-hydroxylation sites is 1. The number of carbonyl (C=O) groups excluding carboxylic acids is 1. The zero-order valence-electron chi connectivity index (χ0n) is 9.74. The summed E-state index contributed by atoms with van der Waals surface area (Å²) < 4.78 is 5.39. The summed E-state index contributed by atoms with van der Waals surface area (Å²) in [5.74, 6) is -0.196. The van der Waals surface area contributed by atoms with E-state index in [0.29, 0.717) is 6.54 Å². The lowest BCUT2D eigenvalue weighted by Gasteiger charge is -2.21. The average molecular weight is 247 g/mol. The van der Waals surface area contributed by atoms with E-state index < -0.39 is 5.60 Å². The average Bonchev–Trinajstić information content (AvgIpc) is 2.46. The molecule has 88 valence electrons. The van der Waals surface area contributed by atoms with Gasteiger partial charge in [-0.2, -0.15) is 0 Å². The lowest BCUT2D eigenvalue weighted by Crippen LogP contribution is -2.22. The maximum absolute atomic E-state index is 11.8. The molecule has 2 aliphatic heterocycles. The van der Waals surface area contributed by atoms with Crippen LogP contribution in [0.1, 0.15) is 13.8 Å². The maximum atomic E-state index is 11.8. The number of benzene rings is 1. The smallest absolute Gasteiger partial charge is 0.337 e. The van der Waals surface area contributed by atoms with Gasteiger partial charge in [0, 0.05) is 22.0 Å². The summed E-state index contributed by atoms with van der Waals surface area (Å²) in [5, 5.41) is 3.29. The minimum absolute atomic E-state index is 0.196. The van der Waals surface area contributed by atoms with Crippen molar-refractivity contribution in [3.05, 3.63) is 34.7 Å². The topological polar surface area (TPSA) is 38.3 Å². The highest BCUT2D eigenvalue weighted by Crippen LogP contribution is 2.46. The molecule has 17 heavy (non-hydrogen) atoms. The second kappa shape index (κ2) is 3.53. The van der Waals surface area contributed by atoms with Crippen molar-refractivity contribution in [3.63, 3.8) is 0 Å². The van der Waals surface area contributed by atoms with Gasteiger partial charge in [0.1, 0.15) is 5.60 Å². The number of rotatable bonds is 0. The van der Waals surface area contributed by atoms with Gasteiger partial charge in [0.05, 0.1) is 5.57 Å². The van der Waals surface area contributed by atoms with Gasteiger partial charge in [0.15, 0.2) is 0 Å². The monoisotopic (exact) mass is 247 g/mol. The number of anilines is 1. The molecule has 0 aromatic heterocycles. The quantitative estimate of drug-likeness (QED) is 0.715. The Morgan fingerprint density at radius 2 is 2.12 bits per heavy atom. The largest absolute Gasteiger partial charge is 0.451 e. The van der Waals surface area contributed by atoms with Crippen LogP contribution in [0.15, 0.2) is 39.6 Å². The molecular weight excluding hydrogens is 234 g/mol. The molecule has 0 saturated carbocycles. The first kappa shape index (κ1) is 10.7. The SMILES string of the molecule is CC1(C)OC(=O)C2=C1Sc1ccccc1NC2. The lowest BCUT2D eigenvalue weighted by atomic mass is 10.1. The number of ether oxygens (including phenoxy) is 1. The first-order valence-electron chi connectivity index (χ1n) is 5.56. The van der Waals surface area contributed by atoms with Crippen LogP contribution >= 0.6 is 11.8 Å². The molecule has 2 aliphatic rings. The molecule has 4 heteroatoms. The van der Waals surface area contributed by atoms with Crippen molar-refractivity contribution < 1.29 is 9.53 Å². The number of hydrogen-bond donors (Lipinski definition) is 1. The molecule has 0 radical (unpaired) electrons. The minimum atomic E-state index is -0.504. The molecule has 0 fully saturated rings. The van der Waals surface area contributed by atoms with E-state index in [2.05, 4.69) is 11.4 Å². The molecule has 3 rings (SSSR count). The van der Waals surface area contributed by atoms with E-state index in [1.165, 1.54) is 0 Å². The van der Waals surface area contributed by atoms with Gasteiger partial charge in [-0.1, -0.05) is 23.9 Å². The van der Waals surface area contributed by atoms with Crippen molar-refractivity contribution >= 4 is 23.4 Å². The highest BCUT2D eigenvalue weighted by molar-refractivity contribution is 8.03. The van der Waals surface area contributed by atoms with Crippen molar-refractivity contribution in [2.75, 3.05) is 11.9 Å². The van der Waals surface area contributed by atoms with Gasteiger partial charge in [0.2, 0.25) is 0 Å². The fourth-order valence-corrected chi connectivity index (χ4v) is 3.31. The van der Waals surface area contributed by atoms with E-state index >= 15 is 0 Å². The summed E-state index contributed by atoms with van der Waals surface area (Å²) in [5.41, 5.74) is 1.34. The zero-order chi connectivity index (χ0) is 12.0. The number of fused-ring (bicyclic) bond motifs is 1. The molecular formula is C13H13NO2S. The fraction of sp³-hybridized carbons (Fsp3) is 0.308. The molecule has 0 spiro atoms. The third-order valence-corrected chi connectivity index (χ3v) is 4.49. The second-order valence-electron chi connectivity index (χ2n) is 4.66.